The maximum atomic E-state index is 12.8. The summed E-state index contributed by atoms with van der Waals surface area (Å²) in [7, 11) is 0. The van der Waals surface area contributed by atoms with Crippen molar-refractivity contribution in [2.75, 3.05) is 0 Å². The summed E-state index contributed by atoms with van der Waals surface area (Å²) in [6.07, 6.45) is 10.4. The number of carbonyl (C=O) groups excluding carboxylic acids is 1. The van der Waals surface area contributed by atoms with Gasteiger partial charge in [-0.2, -0.15) is 0 Å². The molecule has 0 bridgehead atoms. The molecule has 0 radical (unpaired) electrons. The van der Waals surface area contributed by atoms with Crippen molar-refractivity contribution in [1.82, 2.24) is 0 Å². The molecule has 4 heteroatoms. The first-order valence-electron chi connectivity index (χ1n) is 14.4. The smallest absolute Gasteiger partial charge is 0.306 e. The van der Waals surface area contributed by atoms with Crippen molar-refractivity contribution in [2.45, 2.75) is 77.1 Å². The van der Waals surface area contributed by atoms with Gasteiger partial charge in [0.25, 0.3) is 0 Å². The Morgan fingerprint density at radius 3 is 2.38 bits per heavy atom. The Hall–Kier alpha value is -3.13. The second-order valence-electron chi connectivity index (χ2n) is 11.1. The van der Waals surface area contributed by atoms with E-state index in [0.29, 0.717) is 24.7 Å². The first-order chi connectivity index (χ1) is 19.0. The van der Waals surface area contributed by atoms with Gasteiger partial charge in [-0.15, -0.1) is 11.8 Å². The fraction of sp³-hybridized carbons (Fsp3) is 0.457. The van der Waals surface area contributed by atoms with E-state index in [0.717, 1.165) is 43.2 Å². The van der Waals surface area contributed by atoms with Crippen molar-refractivity contribution in [3.63, 3.8) is 0 Å². The third-order valence-corrected chi connectivity index (χ3v) is 8.30. The van der Waals surface area contributed by atoms with Gasteiger partial charge in [0.15, 0.2) is 6.10 Å². The molecule has 2 fully saturated rings. The molecule has 2 aromatic rings. The highest BCUT2D eigenvalue weighted by Gasteiger charge is 2.45. The summed E-state index contributed by atoms with van der Waals surface area (Å²) < 4.78 is 5.94. The summed E-state index contributed by atoms with van der Waals surface area (Å²) in [4.78, 5) is 12.8. The lowest BCUT2D eigenvalue weighted by molar-refractivity contribution is -0.147. The molecular weight excluding hydrogens is 484 g/mol. The molecule has 39 heavy (non-hydrogen) atoms. The van der Waals surface area contributed by atoms with Crippen molar-refractivity contribution in [2.24, 2.45) is 23.7 Å². The number of ether oxygens (including phenoxy) is 1. The largest absolute Gasteiger partial charge is 0.453 e. The number of rotatable bonds is 11. The number of aliphatic hydroxyl groups excluding tert-OH is 2. The molecule has 4 rings (SSSR count). The van der Waals surface area contributed by atoms with Crippen LogP contribution in [0.2, 0.25) is 0 Å². The van der Waals surface area contributed by atoms with E-state index >= 15 is 0 Å². The zero-order valence-corrected chi connectivity index (χ0v) is 23.2. The Labute approximate surface area is 233 Å². The zero-order valence-electron chi connectivity index (χ0n) is 23.2. The molecule has 0 spiro atoms. The van der Waals surface area contributed by atoms with E-state index in [-0.39, 0.29) is 23.9 Å². The highest BCUT2D eigenvalue weighted by Crippen LogP contribution is 2.50. The molecule has 0 aromatic heterocycles. The van der Waals surface area contributed by atoms with E-state index in [1.165, 1.54) is 5.57 Å². The van der Waals surface area contributed by atoms with Crippen molar-refractivity contribution in [3.05, 3.63) is 95.6 Å². The predicted molar refractivity (Wildman–Crippen MR) is 155 cm³/mol. The predicted octanol–water partition coefficient (Wildman–Crippen LogP) is 6.79. The standard InChI is InChI=1S/C35H42O4/c1-3-4-13-25(2)32(36)21-20-30-31-23-26(22-29(31)24-33(30)37)14-11-12-19-34(38)39-35(27-15-7-5-8-16-27)28-17-9-6-10-18-28/h5-10,14-18,20-21,25,29-33,35-37H,11-13,19,22-24H2,1-2H3. The van der Waals surface area contributed by atoms with Crippen molar-refractivity contribution < 1.29 is 19.7 Å². The summed E-state index contributed by atoms with van der Waals surface area (Å²) in [6.45, 7) is 3.82. The van der Waals surface area contributed by atoms with E-state index in [1.807, 2.05) is 86.7 Å². The van der Waals surface area contributed by atoms with E-state index < -0.39 is 12.2 Å². The van der Waals surface area contributed by atoms with Gasteiger partial charge >= 0.3 is 5.97 Å². The first-order valence-corrected chi connectivity index (χ1v) is 14.4. The monoisotopic (exact) mass is 526 g/mol. The molecule has 2 aliphatic carbocycles. The van der Waals surface area contributed by atoms with Crippen LogP contribution in [0.3, 0.4) is 0 Å². The average Bonchev–Trinajstić information content (AvgIpc) is 3.48. The van der Waals surface area contributed by atoms with Crippen LogP contribution in [0.15, 0.2) is 84.5 Å². The van der Waals surface area contributed by atoms with Crippen molar-refractivity contribution in [1.29, 1.82) is 0 Å². The number of fused-ring (bicyclic) bond motifs is 1. The van der Waals surface area contributed by atoms with Gasteiger partial charge in [0.2, 0.25) is 0 Å². The number of hydrogen-bond donors (Lipinski definition) is 2. The molecule has 6 atom stereocenters. The summed E-state index contributed by atoms with van der Waals surface area (Å²) in [5.41, 5.74) is 3.38. The van der Waals surface area contributed by atoms with Crippen LogP contribution in [0.4, 0.5) is 0 Å². The SMILES string of the molecule is CC#CCC(C)C(O)C=CC1C(O)CC2CC(=CCCCC(=O)OC(c3ccccc3)c3ccccc3)CC21. The van der Waals surface area contributed by atoms with Gasteiger partial charge in [-0.1, -0.05) is 91.4 Å². The van der Waals surface area contributed by atoms with Gasteiger partial charge < -0.3 is 14.9 Å². The molecule has 2 saturated carbocycles. The third-order valence-electron chi connectivity index (χ3n) is 8.30. The maximum absolute atomic E-state index is 12.8. The molecule has 0 heterocycles. The maximum Gasteiger partial charge on any atom is 0.306 e. The van der Waals surface area contributed by atoms with Gasteiger partial charge in [0.05, 0.1) is 12.2 Å². The molecule has 0 amide bonds. The van der Waals surface area contributed by atoms with Gasteiger partial charge in [0, 0.05) is 18.8 Å². The van der Waals surface area contributed by atoms with Crippen LogP contribution in [0.5, 0.6) is 0 Å². The normalized spacial score (nSPS) is 24.9. The lowest BCUT2D eigenvalue weighted by Gasteiger charge is -2.19. The zero-order chi connectivity index (χ0) is 27.6. The number of unbranched alkanes of at least 4 members (excludes halogenated alkanes) is 1. The number of allylic oxidation sites excluding steroid dienone is 2. The Bertz CT molecular complexity index is 1130. The lowest BCUT2D eigenvalue weighted by Crippen LogP contribution is -2.19. The molecule has 2 aromatic carbocycles. The van der Waals surface area contributed by atoms with Crippen LogP contribution in [-0.2, 0) is 9.53 Å². The van der Waals surface area contributed by atoms with Crippen molar-refractivity contribution in [3.8, 4) is 11.8 Å². The van der Waals surface area contributed by atoms with Gasteiger partial charge in [0.1, 0.15) is 0 Å². The summed E-state index contributed by atoms with van der Waals surface area (Å²) in [5, 5.41) is 21.1. The topological polar surface area (TPSA) is 66.8 Å². The minimum absolute atomic E-state index is 0.0735. The van der Waals surface area contributed by atoms with Crippen LogP contribution in [-0.4, -0.2) is 28.4 Å². The quantitative estimate of drug-likeness (QED) is 0.146. The van der Waals surface area contributed by atoms with Crippen LogP contribution in [0.1, 0.15) is 76.0 Å². The number of esters is 1. The lowest BCUT2D eigenvalue weighted by atomic mass is 9.89. The fourth-order valence-electron chi connectivity index (χ4n) is 6.08. The Kier molecular flexibility index (Phi) is 10.6. The summed E-state index contributed by atoms with van der Waals surface area (Å²) in [5.74, 6) is 6.81. The van der Waals surface area contributed by atoms with E-state index in [4.69, 9.17) is 4.74 Å². The molecule has 2 N–H and O–H groups in total. The first kappa shape index (κ1) is 28.9. The molecule has 6 unspecified atom stereocenters. The second kappa shape index (κ2) is 14.3. The number of hydrogen-bond acceptors (Lipinski definition) is 4. The minimum atomic E-state index is -0.545. The summed E-state index contributed by atoms with van der Waals surface area (Å²) >= 11 is 0. The van der Waals surface area contributed by atoms with Gasteiger partial charge in [-0.25, -0.2) is 0 Å². The van der Waals surface area contributed by atoms with Gasteiger partial charge in [-0.05, 0) is 67.9 Å². The second-order valence-corrected chi connectivity index (χ2v) is 11.1. The number of carbonyl (C=O) groups is 1. The molecule has 2 aliphatic rings. The molecule has 206 valence electrons. The van der Waals surface area contributed by atoms with E-state index in [9.17, 15) is 15.0 Å². The van der Waals surface area contributed by atoms with Gasteiger partial charge in [-0.3, -0.25) is 4.79 Å². The fourth-order valence-corrected chi connectivity index (χ4v) is 6.08. The molecule has 0 aliphatic heterocycles. The Morgan fingerprint density at radius 2 is 1.74 bits per heavy atom. The number of aliphatic hydroxyl groups is 2. The minimum Gasteiger partial charge on any atom is -0.453 e. The molecule has 4 nitrogen and oxygen atoms in total. The van der Waals surface area contributed by atoms with Crippen molar-refractivity contribution >= 4 is 5.97 Å². The van der Waals surface area contributed by atoms with Crippen LogP contribution in [0.25, 0.3) is 0 Å². The highest BCUT2D eigenvalue weighted by molar-refractivity contribution is 5.70. The number of benzene rings is 2. The van der Waals surface area contributed by atoms with E-state index in [2.05, 4.69) is 17.9 Å². The molecular formula is C35H42O4. The Morgan fingerprint density at radius 1 is 1.08 bits per heavy atom. The summed E-state index contributed by atoms with van der Waals surface area (Å²) in [6, 6.07) is 19.8. The Balaban J connectivity index is 1.26. The van der Waals surface area contributed by atoms with Crippen LogP contribution < -0.4 is 0 Å². The van der Waals surface area contributed by atoms with E-state index in [1.54, 1.807) is 0 Å². The molecule has 0 saturated heterocycles. The van der Waals surface area contributed by atoms with Crippen LogP contribution >= 0.6 is 0 Å². The average molecular weight is 527 g/mol. The third kappa shape index (κ3) is 7.94. The van der Waals surface area contributed by atoms with Crippen LogP contribution in [0, 0.1) is 35.5 Å². The highest BCUT2D eigenvalue weighted by atomic mass is 16.5.